The van der Waals surface area contributed by atoms with Crippen molar-refractivity contribution in [3.8, 4) is 0 Å². The van der Waals surface area contributed by atoms with E-state index < -0.39 is 30.5 Å². The fourth-order valence-corrected chi connectivity index (χ4v) is 1.50. The van der Waals surface area contributed by atoms with Gasteiger partial charge in [0.15, 0.2) is 6.29 Å². The third-order valence-corrected chi connectivity index (χ3v) is 2.43. The second-order valence-electron chi connectivity index (χ2n) is 4.15. The summed E-state index contributed by atoms with van der Waals surface area (Å²) in [5, 5.41) is 0. The highest BCUT2D eigenvalue weighted by Gasteiger charge is 2.27. The van der Waals surface area contributed by atoms with E-state index in [1.807, 2.05) is 0 Å². The zero-order valence-electron chi connectivity index (χ0n) is 11.7. The second kappa shape index (κ2) is 7.64. The van der Waals surface area contributed by atoms with E-state index >= 15 is 0 Å². The molecule has 7 nitrogen and oxygen atoms in total. The SMILES string of the molecule is CCOC(C)OC(=O)C=C(C)C(=O)OC1CCC(=O)O1. The highest BCUT2D eigenvalue weighted by atomic mass is 16.7. The van der Waals surface area contributed by atoms with Crippen molar-refractivity contribution < 1.29 is 33.3 Å². The van der Waals surface area contributed by atoms with E-state index in [4.69, 9.17) is 18.9 Å². The standard InChI is InChI=1S/C13H18O7/c1-4-17-9(3)18-11(15)7-8(2)13(16)20-12-6-5-10(14)19-12/h7,9,12H,4-6H2,1-3H3. The molecule has 0 spiro atoms. The molecule has 1 saturated heterocycles. The number of esters is 3. The lowest BCUT2D eigenvalue weighted by atomic mass is 10.3. The van der Waals surface area contributed by atoms with Gasteiger partial charge >= 0.3 is 17.9 Å². The topological polar surface area (TPSA) is 88.1 Å². The second-order valence-corrected chi connectivity index (χ2v) is 4.15. The van der Waals surface area contributed by atoms with Gasteiger partial charge in [0, 0.05) is 24.7 Å². The first kappa shape index (κ1) is 16.2. The van der Waals surface area contributed by atoms with E-state index in [0.717, 1.165) is 6.08 Å². The Morgan fingerprint density at radius 3 is 2.75 bits per heavy atom. The average Bonchev–Trinajstić information content (AvgIpc) is 2.74. The quantitative estimate of drug-likeness (QED) is 0.410. The lowest BCUT2D eigenvalue weighted by molar-refractivity contribution is -0.175. The van der Waals surface area contributed by atoms with Crippen LogP contribution in [0, 0.1) is 0 Å². The maximum Gasteiger partial charge on any atom is 0.337 e. The van der Waals surface area contributed by atoms with Crippen LogP contribution in [0.3, 0.4) is 0 Å². The minimum atomic E-state index is -0.878. The Labute approximate surface area is 116 Å². The van der Waals surface area contributed by atoms with Gasteiger partial charge in [-0.2, -0.15) is 0 Å². The molecule has 0 aliphatic carbocycles. The number of hydrogen-bond donors (Lipinski definition) is 0. The van der Waals surface area contributed by atoms with E-state index in [-0.39, 0.29) is 12.0 Å². The zero-order valence-corrected chi connectivity index (χ0v) is 11.7. The smallest absolute Gasteiger partial charge is 0.337 e. The largest absolute Gasteiger partial charge is 0.433 e. The van der Waals surface area contributed by atoms with Crippen molar-refractivity contribution in [2.75, 3.05) is 6.61 Å². The van der Waals surface area contributed by atoms with Gasteiger partial charge < -0.3 is 18.9 Å². The van der Waals surface area contributed by atoms with E-state index in [1.165, 1.54) is 6.92 Å². The van der Waals surface area contributed by atoms with Crippen LogP contribution in [-0.4, -0.2) is 37.1 Å². The molecule has 0 radical (unpaired) electrons. The molecule has 1 rings (SSSR count). The first-order valence-electron chi connectivity index (χ1n) is 6.33. The van der Waals surface area contributed by atoms with Gasteiger partial charge in [-0.15, -0.1) is 0 Å². The summed E-state index contributed by atoms with van der Waals surface area (Å²) >= 11 is 0. The maximum absolute atomic E-state index is 11.6. The lowest BCUT2D eigenvalue weighted by Crippen LogP contribution is -2.20. The van der Waals surface area contributed by atoms with Gasteiger partial charge in [-0.1, -0.05) is 0 Å². The minimum Gasteiger partial charge on any atom is -0.433 e. The van der Waals surface area contributed by atoms with Crippen LogP contribution in [0.1, 0.15) is 33.6 Å². The molecule has 0 amide bonds. The molecule has 1 aliphatic rings. The van der Waals surface area contributed by atoms with Gasteiger partial charge in [-0.3, -0.25) is 4.79 Å². The van der Waals surface area contributed by atoms with Crippen LogP contribution in [0.15, 0.2) is 11.6 Å². The third kappa shape index (κ3) is 5.40. The molecule has 0 bridgehead atoms. The molecule has 1 fully saturated rings. The molecule has 2 unspecified atom stereocenters. The van der Waals surface area contributed by atoms with Crippen LogP contribution in [-0.2, 0) is 33.3 Å². The summed E-state index contributed by atoms with van der Waals surface area (Å²) in [6.45, 7) is 5.16. The summed E-state index contributed by atoms with van der Waals surface area (Å²) in [4.78, 5) is 33.9. The highest BCUT2D eigenvalue weighted by Crippen LogP contribution is 2.16. The van der Waals surface area contributed by atoms with Crippen LogP contribution in [0.2, 0.25) is 0 Å². The summed E-state index contributed by atoms with van der Waals surface area (Å²) in [6.07, 6.45) is -0.0208. The van der Waals surface area contributed by atoms with Gasteiger partial charge in [0.2, 0.25) is 6.29 Å². The number of ether oxygens (including phenoxy) is 4. The van der Waals surface area contributed by atoms with E-state index in [2.05, 4.69) is 0 Å². The van der Waals surface area contributed by atoms with Crippen molar-refractivity contribution in [1.82, 2.24) is 0 Å². The van der Waals surface area contributed by atoms with E-state index in [0.29, 0.717) is 13.0 Å². The molecule has 0 aromatic rings. The Kier molecular flexibility index (Phi) is 6.17. The minimum absolute atomic E-state index is 0.0571. The zero-order chi connectivity index (χ0) is 15.1. The number of cyclic esters (lactones) is 1. The molecule has 2 atom stereocenters. The molecule has 0 aromatic carbocycles. The van der Waals surface area contributed by atoms with Crippen LogP contribution in [0.5, 0.6) is 0 Å². The number of carbonyl (C=O) groups excluding carboxylic acids is 3. The van der Waals surface area contributed by atoms with Crippen molar-refractivity contribution >= 4 is 17.9 Å². The third-order valence-electron chi connectivity index (χ3n) is 2.43. The molecule has 112 valence electrons. The number of rotatable bonds is 6. The van der Waals surface area contributed by atoms with Gasteiger partial charge in [-0.05, 0) is 20.8 Å². The molecule has 20 heavy (non-hydrogen) atoms. The Balaban J connectivity index is 2.44. The van der Waals surface area contributed by atoms with Crippen LogP contribution in [0.25, 0.3) is 0 Å². The van der Waals surface area contributed by atoms with Crippen molar-refractivity contribution in [3.05, 3.63) is 11.6 Å². The number of carbonyl (C=O) groups is 3. The average molecular weight is 286 g/mol. The van der Waals surface area contributed by atoms with Gasteiger partial charge in [0.05, 0.1) is 6.42 Å². The lowest BCUT2D eigenvalue weighted by Gasteiger charge is -2.12. The Hall–Kier alpha value is -1.89. The first-order valence-corrected chi connectivity index (χ1v) is 6.33. The monoisotopic (exact) mass is 286 g/mol. The Morgan fingerprint density at radius 1 is 1.50 bits per heavy atom. The van der Waals surface area contributed by atoms with Crippen molar-refractivity contribution in [2.45, 2.75) is 46.2 Å². The molecule has 7 heteroatoms. The van der Waals surface area contributed by atoms with Crippen LogP contribution >= 0.6 is 0 Å². The van der Waals surface area contributed by atoms with Crippen LogP contribution < -0.4 is 0 Å². The number of hydrogen-bond acceptors (Lipinski definition) is 7. The predicted molar refractivity (Wildman–Crippen MR) is 66.1 cm³/mol. The highest BCUT2D eigenvalue weighted by molar-refractivity contribution is 5.96. The fraction of sp³-hybridized carbons (Fsp3) is 0.615. The molecular formula is C13H18O7. The summed E-state index contributed by atoms with van der Waals surface area (Å²) < 4.78 is 19.5. The molecular weight excluding hydrogens is 268 g/mol. The van der Waals surface area contributed by atoms with E-state index in [1.54, 1.807) is 13.8 Å². The van der Waals surface area contributed by atoms with Gasteiger partial charge in [0.25, 0.3) is 0 Å². The summed E-state index contributed by atoms with van der Waals surface area (Å²) in [6, 6.07) is 0. The van der Waals surface area contributed by atoms with Crippen molar-refractivity contribution in [1.29, 1.82) is 0 Å². The Morgan fingerprint density at radius 2 is 2.20 bits per heavy atom. The summed E-state index contributed by atoms with van der Waals surface area (Å²) in [7, 11) is 0. The fourth-order valence-electron chi connectivity index (χ4n) is 1.50. The van der Waals surface area contributed by atoms with Crippen LogP contribution in [0.4, 0.5) is 0 Å². The Bertz CT molecular complexity index is 413. The van der Waals surface area contributed by atoms with Gasteiger partial charge in [-0.25, -0.2) is 9.59 Å². The normalized spacial score (nSPS) is 20.2. The van der Waals surface area contributed by atoms with Gasteiger partial charge in [0.1, 0.15) is 0 Å². The van der Waals surface area contributed by atoms with E-state index in [9.17, 15) is 14.4 Å². The first-order chi connectivity index (χ1) is 9.42. The van der Waals surface area contributed by atoms with Crippen molar-refractivity contribution in [3.63, 3.8) is 0 Å². The predicted octanol–water partition coefficient (Wildman–Crippen LogP) is 1.06. The molecule has 0 saturated carbocycles. The molecule has 1 heterocycles. The summed E-state index contributed by atoms with van der Waals surface area (Å²) in [5.74, 6) is -1.84. The molecule has 0 aromatic heterocycles. The maximum atomic E-state index is 11.6. The van der Waals surface area contributed by atoms with Crippen molar-refractivity contribution in [2.24, 2.45) is 0 Å². The molecule has 0 N–H and O–H groups in total. The summed E-state index contributed by atoms with van der Waals surface area (Å²) in [5.41, 5.74) is 0.0571. The molecule has 1 aliphatic heterocycles.